The van der Waals surface area contributed by atoms with E-state index in [1.54, 1.807) is 20.3 Å². The van der Waals surface area contributed by atoms with Crippen molar-refractivity contribution in [2.75, 3.05) is 31.4 Å². The second-order valence-electron chi connectivity index (χ2n) is 5.05. The molecule has 0 radical (unpaired) electrons. The lowest BCUT2D eigenvalue weighted by atomic mass is 9.81. The van der Waals surface area contributed by atoms with Gasteiger partial charge in [-0.05, 0) is 12.8 Å². The monoisotopic (exact) mass is 278 g/mol. The van der Waals surface area contributed by atoms with Crippen LogP contribution in [0.15, 0.2) is 12.1 Å². The van der Waals surface area contributed by atoms with E-state index in [0.29, 0.717) is 18.0 Å². The second kappa shape index (κ2) is 5.61. The molecule has 0 atom stereocenters. The molecule has 20 heavy (non-hydrogen) atoms. The number of ether oxygens (including phenoxy) is 2. The summed E-state index contributed by atoms with van der Waals surface area (Å²) in [5.41, 5.74) is 1.22. The van der Waals surface area contributed by atoms with E-state index in [2.05, 4.69) is 10.6 Å². The Balaban J connectivity index is 2.43. The van der Waals surface area contributed by atoms with Crippen LogP contribution in [0.25, 0.3) is 0 Å². The zero-order chi connectivity index (χ0) is 14.8. The Morgan fingerprint density at radius 2 is 1.65 bits per heavy atom. The highest BCUT2D eigenvalue weighted by Gasteiger charge is 2.37. The fourth-order valence-corrected chi connectivity index (χ4v) is 2.55. The fourth-order valence-electron chi connectivity index (χ4n) is 2.55. The maximum atomic E-state index is 12.5. The molecule has 1 aliphatic heterocycles. The molecule has 0 fully saturated rings. The minimum atomic E-state index is -0.376. The summed E-state index contributed by atoms with van der Waals surface area (Å²) >= 11 is 0. The number of amides is 1. The molecule has 110 valence electrons. The first kappa shape index (κ1) is 14.5. The van der Waals surface area contributed by atoms with Crippen molar-refractivity contribution in [2.45, 2.75) is 26.7 Å². The van der Waals surface area contributed by atoms with Gasteiger partial charge in [0.25, 0.3) is 0 Å². The Labute approximate surface area is 119 Å². The maximum absolute atomic E-state index is 12.5. The van der Waals surface area contributed by atoms with Gasteiger partial charge in [-0.3, -0.25) is 4.79 Å². The Kier molecular flexibility index (Phi) is 4.06. The van der Waals surface area contributed by atoms with E-state index in [0.717, 1.165) is 24.2 Å². The van der Waals surface area contributed by atoms with Crippen LogP contribution in [-0.2, 0) is 4.79 Å². The molecule has 1 aromatic carbocycles. The summed E-state index contributed by atoms with van der Waals surface area (Å²) in [6.07, 6.45) is 1.59. The van der Waals surface area contributed by atoms with Crippen LogP contribution in [0, 0.1) is 5.41 Å². The highest BCUT2D eigenvalue weighted by atomic mass is 16.5. The zero-order valence-electron chi connectivity index (χ0n) is 12.5. The molecule has 1 aromatic rings. The fraction of sp³-hybridized carbons (Fsp3) is 0.533. The van der Waals surface area contributed by atoms with Crippen molar-refractivity contribution < 1.29 is 14.3 Å². The average Bonchev–Trinajstić information content (AvgIpc) is 2.62. The molecule has 0 unspecified atom stereocenters. The number of hydrogen-bond acceptors (Lipinski definition) is 4. The molecule has 0 aliphatic carbocycles. The molecule has 0 aromatic heterocycles. The van der Waals surface area contributed by atoms with Crippen LogP contribution in [0.4, 0.5) is 11.4 Å². The number of carbonyl (C=O) groups is 1. The number of rotatable bonds is 4. The number of methoxy groups -OCH3 is 2. The molecular weight excluding hydrogens is 256 g/mol. The van der Waals surface area contributed by atoms with E-state index in [-0.39, 0.29) is 11.3 Å². The Morgan fingerprint density at radius 1 is 1.10 bits per heavy atom. The van der Waals surface area contributed by atoms with E-state index < -0.39 is 0 Å². The number of benzene rings is 1. The van der Waals surface area contributed by atoms with Crippen molar-refractivity contribution in [1.29, 1.82) is 0 Å². The SMILES string of the molecule is CCC1(CC)CNc2cc(OC)c(OC)cc2NC1=O. The predicted molar refractivity (Wildman–Crippen MR) is 79.7 cm³/mol. The summed E-state index contributed by atoms with van der Waals surface area (Å²) in [6.45, 7) is 4.71. The quantitative estimate of drug-likeness (QED) is 0.889. The summed E-state index contributed by atoms with van der Waals surface area (Å²) in [6, 6.07) is 3.65. The molecule has 0 spiro atoms. The van der Waals surface area contributed by atoms with Crippen LogP contribution >= 0.6 is 0 Å². The van der Waals surface area contributed by atoms with Crippen molar-refractivity contribution in [1.82, 2.24) is 0 Å². The van der Waals surface area contributed by atoms with Gasteiger partial charge in [0.2, 0.25) is 5.91 Å². The second-order valence-corrected chi connectivity index (χ2v) is 5.05. The molecule has 1 heterocycles. The number of fused-ring (bicyclic) bond motifs is 1. The topological polar surface area (TPSA) is 59.6 Å². The number of carbonyl (C=O) groups excluding carboxylic acids is 1. The lowest BCUT2D eigenvalue weighted by molar-refractivity contribution is -0.125. The van der Waals surface area contributed by atoms with Crippen LogP contribution in [0.2, 0.25) is 0 Å². The third kappa shape index (κ3) is 2.28. The molecule has 2 rings (SSSR count). The number of nitrogens with one attached hydrogen (secondary N) is 2. The van der Waals surface area contributed by atoms with Crippen molar-refractivity contribution in [3.05, 3.63) is 12.1 Å². The van der Waals surface area contributed by atoms with Crippen molar-refractivity contribution >= 4 is 17.3 Å². The minimum Gasteiger partial charge on any atom is -0.493 e. The van der Waals surface area contributed by atoms with Crippen molar-refractivity contribution in [2.24, 2.45) is 5.41 Å². The van der Waals surface area contributed by atoms with Crippen LogP contribution in [0.1, 0.15) is 26.7 Å². The van der Waals surface area contributed by atoms with Crippen molar-refractivity contribution in [3.63, 3.8) is 0 Å². The number of anilines is 2. The lowest BCUT2D eigenvalue weighted by Crippen LogP contribution is -2.39. The Hall–Kier alpha value is -1.91. The molecule has 0 saturated carbocycles. The van der Waals surface area contributed by atoms with Gasteiger partial charge in [0.1, 0.15) is 0 Å². The lowest BCUT2D eigenvalue weighted by Gasteiger charge is -2.27. The zero-order valence-corrected chi connectivity index (χ0v) is 12.5. The molecule has 5 heteroatoms. The molecule has 1 aliphatic rings. The van der Waals surface area contributed by atoms with Crippen LogP contribution in [0.5, 0.6) is 11.5 Å². The van der Waals surface area contributed by atoms with Gasteiger partial charge < -0.3 is 20.1 Å². The van der Waals surface area contributed by atoms with Crippen LogP contribution in [0.3, 0.4) is 0 Å². The molecule has 5 nitrogen and oxygen atoms in total. The summed E-state index contributed by atoms with van der Waals surface area (Å²) in [7, 11) is 3.18. The smallest absolute Gasteiger partial charge is 0.232 e. The first-order valence-electron chi connectivity index (χ1n) is 6.91. The molecule has 2 N–H and O–H groups in total. The molecular formula is C15H22N2O3. The summed E-state index contributed by atoms with van der Waals surface area (Å²) < 4.78 is 10.6. The van der Waals surface area contributed by atoms with Gasteiger partial charge >= 0.3 is 0 Å². The normalized spacial score (nSPS) is 16.5. The van der Waals surface area contributed by atoms with Crippen molar-refractivity contribution in [3.8, 4) is 11.5 Å². The third-order valence-corrected chi connectivity index (χ3v) is 4.22. The average molecular weight is 278 g/mol. The van der Waals surface area contributed by atoms with Gasteiger partial charge in [-0.1, -0.05) is 13.8 Å². The number of hydrogen-bond donors (Lipinski definition) is 2. The van der Waals surface area contributed by atoms with E-state index >= 15 is 0 Å². The highest BCUT2D eigenvalue weighted by Crippen LogP contribution is 2.40. The van der Waals surface area contributed by atoms with E-state index in [4.69, 9.17) is 9.47 Å². The summed E-state index contributed by atoms with van der Waals surface area (Å²) in [4.78, 5) is 12.5. The standard InChI is InChI=1S/C15H22N2O3/c1-5-15(6-2)9-16-10-7-12(19-3)13(20-4)8-11(10)17-14(15)18/h7-8,16H,5-6,9H2,1-4H3,(H,17,18). The van der Waals surface area contributed by atoms with Gasteiger partial charge in [-0.2, -0.15) is 0 Å². The van der Waals surface area contributed by atoms with Crippen LogP contribution < -0.4 is 20.1 Å². The highest BCUT2D eigenvalue weighted by molar-refractivity contribution is 6.00. The van der Waals surface area contributed by atoms with E-state index in [1.807, 2.05) is 19.9 Å². The van der Waals surface area contributed by atoms with Gasteiger partial charge in [-0.15, -0.1) is 0 Å². The van der Waals surface area contributed by atoms with Crippen LogP contribution in [-0.4, -0.2) is 26.7 Å². The Morgan fingerprint density at radius 3 is 2.15 bits per heavy atom. The predicted octanol–water partition coefficient (Wildman–Crippen LogP) is 2.87. The maximum Gasteiger partial charge on any atom is 0.232 e. The van der Waals surface area contributed by atoms with Gasteiger partial charge in [0.15, 0.2) is 11.5 Å². The van der Waals surface area contributed by atoms with Gasteiger partial charge in [-0.25, -0.2) is 0 Å². The minimum absolute atomic E-state index is 0.0565. The molecule has 1 amide bonds. The largest absolute Gasteiger partial charge is 0.493 e. The third-order valence-electron chi connectivity index (χ3n) is 4.22. The van der Waals surface area contributed by atoms with E-state index in [1.165, 1.54) is 0 Å². The molecule has 0 bridgehead atoms. The van der Waals surface area contributed by atoms with E-state index in [9.17, 15) is 4.79 Å². The van der Waals surface area contributed by atoms with Gasteiger partial charge in [0.05, 0.1) is 31.0 Å². The first-order valence-corrected chi connectivity index (χ1v) is 6.91. The van der Waals surface area contributed by atoms with Gasteiger partial charge in [0, 0.05) is 18.7 Å². The first-order chi connectivity index (χ1) is 9.60. The summed E-state index contributed by atoms with van der Waals surface area (Å²) in [5, 5.41) is 6.36. The Bertz CT molecular complexity index is 510. The molecule has 0 saturated heterocycles. The summed E-state index contributed by atoms with van der Waals surface area (Å²) in [5.74, 6) is 1.31.